The molecular formula is C9H6Cl2N2O. The van der Waals surface area contributed by atoms with Crippen LogP contribution in [0.15, 0.2) is 12.3 Å². The molecule has 1 rings (SSSR count). The maximum atomic E-state index is 11.3. The van der Waals surface area contributed by atoms with Gasteiger partial charge in [0.05, 0.1) is 17.1 Å². The van der Waals surface area contributed by atoms with Crippen molar-refractivity contribution in [3.8, 4) is 12.3 Å². The Labute approximate surface area is 91.4 Å². The molecule has 5 heteroatoms. The first-order valence-electron chi connectivity index (χ1n) is 3.68. The molecule has 0 aliphatic carbocycles. The topological polar surface area (TPSA) is 42.0 Å². The van der Waals surface area contributed by atoms with Crippen LogP contribution in [0.4, 0.5) is 0 Å². The standard InChI is InChI=1S/C9H6Cl2N2O/c1-2-3-12-9(14)6-4-7(10)8(11)13-5-6/h1,4-5H,3H2,(H,12,14). The monoisotopic (exact) mass is 228 g/mol. The van der Waals surface area contributed by atoms with Crippen molar-refractivity contribution in [2.45, 2.75) is 0 Å². The van der Waals surface area contributed by atoms with Gasteiger partial charge in [0.2, 0.25) is 0 Å². The van der Waals surface area contributed by atoms with E-state index in [1.54, 1.807) is 0 Å². The number of halogens is 2. The highest BCUT2D eigenvalue weighted by molar-refractivity contribution is 6.41. The molecule has 72 valence electrons. The molecule has 1 heterocycles. The van der Waals surface area contributed by atoms with Gasteiger partial charge in [-0.1, -0.05) is 29.1 Å². The number of pyridine rings is 1. The number of hydrogen-bond acceptors (Lipinski definition) is 2. The lowest BCUT2D eigenvalue weighted by Crippen LogP contribution is -2.23. The normalized spacial score (nSPS) is 9.21. The Morgan fingerprint density at radius 1 is 1.64 bits per heavy atom. The molecule has 1 N–H and O–H groups in total. The Hall–Kier alpha value is -1.24. The van der Waals surface area contributed by atoms with E-state index >= 15 is 0 Å². The number of carbonyl (C=O) groups excluding carboxylic acids is 1. The van der Waals surface area contributed by atoms with Gasteiger partial charge in [-0.3, -0.25) is 4.79 Å². The summed E-state index contributed by atoms with van der Waals surface area (Å²) in [6.07, 6.45) is 6.31. The molecule has 0 radical (unpaired) electrons. The Morgan fingerprint density at radius 2 is 2.36 bits per heavy atom. The minimum atomic E-state index is -0.325. The highest BCUT2D eigenvalue weighted by Crippen LogP contribution is 2.19. The van der Waals surface area contributed by atoms with E-state index < -0.39 is 0 Å². The number of amides is 1. The molecule has 1 amide bonds. The minimum Gasteiger partial charge on any atom is -0.341 e. The largest absolute Gasteiger partial charge is 0.341 e. The van der Waals surface area contributed by atoms with E-state index in [4.69, 9.17) is 29.6 Å². The number of nitrogens with one attached hydrogen (secondary N) is 1. The predicted molar refractivity (Wildman–Crippen MR) is 55.4 cm³/mol. The second-order valence-corrected chi connectivity index (χ2v) is 3.15. The molecule has 0 saturated carbocycles. The Balaban J connectivity index is 2.82. The number of hydrogen-bond donors (Lipinski definition) is 1. The van der Waals surface area contributed by atoms with Crippen molar-refractivity contribution < 1.29 is 4.79 Å². The molecule has 0 aliphatic heterocycles. The van der Waals surface area contributed by atoms with Crippen molar-refractivity contribution in [3.05, 3.63) is 28.0 Å². The van der Waals surface area contributed by atoms with Crippen LogP contribution in [0.2, 0.25) is 10.2 Å². The van der Waals surface area contributed by atoms with E-state index in [1.807, 2.05) is 0 Å². The van der Waals surface area contributed by atoms with Crippen LogP contribution in [0.1, 0.15) is 10.4 Å². The summed E-state index contributed by atoms with van der Waals surface area (Å²) in [7, 11) is 0. The molecular weight excluding hydrogens is 223 g/mol. The second kappa shape index (κ2) is 4.85. The number of rotatable bonds is 2. The molecule has 1 aromatic rings. The minimum absolute atomic E-state index is 0.166. The van der Waals surface area contributed by atoms with Crippen molar-refractivity contribution in [2.75, 3.05) is 6.54 Å². The number of terminal acetylenes is 1. The van der Waals surface area contributed by atoms with Gasteiger partial charge < -0.3 is 5.32 Å². The van der Waals surface area contributed by atoms with Gasteiger partial charge in [-0.05, 0) is 6.07 Å². The molecule has 0 aliphatic rings. The van der Waals surface area contributed by atoms with Crippen LogP contribution in [0.3, 0.4) is 0 Å². The summed E-state index contributed by atoms with van der Waals surface area (Å²) in [5, 5.41) is 2.88. The van der Waals surface area contributed by atoms with Gasteiger partial charge in [0, 0.05) is 6.20 Å². The van der Waals surface area contributed by atoms with Gasteiger partial charge in [-0.25, -0.2) is 4.98 Å². The average molecular weight is 229 g/mol. The van der Waals surface area contributed by atoms with Gasteiger partial charge in [-0.15, -0.1) is 6.42 Å². The highest BCUT2D eigenvalue weighted by atomic mass is 35.5. The Morgan fingerprint density at radius 3 is 2.93 bits per heavy atom. The molecule has 0 saturated heterocycles. The number of carbonyl (C=O) groups is 1. The van der Waals surface area contributed by atoms with E-state index in [1.165, 1.54) is 12.3 Å². The predicted octanol–water partition coefficient (Wildman–Crippen LogP) is 1.75. The summed E-state index contributed by atoms with van der Waals surface area (Å²) in [5.74, 6) is 1.96. The molecule has 0 spiro atoms. The summed E-state index contributed by atoms with van der Waals surface area (Å²) in [5.41, 5.74) is 0.328. The summed E-state index contributed by atoms with van der Waals surface area (Å²) < 4.78 is 0. The lowest BCUT2D eigenvalue weighted by Gasteiger charge is -2.01. The van der Waals surface area contributed by atoms with Crippen molar-refractivity contribution in [3.63, 3.8) is 0 Å². The fourth-order valence-corrected chi connectivity index (χ4v) is 1.05. The van der Waals surface area contributed by atoms with E-state index in [-0.39, 0.29) is 22.6 Å². The van der Waals surface area contributed by atoms with Crippen molar-refractivity contribution in [2.24, 2.45) is 0 Å². The van der Waals surface area contributed by atoms with Crippen LogP contribution in [-0.2, 0) is 0 Å². The van der Waals surface area contributed by atoms with Crippen LogP contribution in [0, 0.1) is 12.3 Å². The first kappa shape index (κ1) is 10.8. The van der Waals surface area contributed by atoms with Crippen LogP contribution in [-0.4, -0.2) is 17.4 Å². The molecule has 0 unspecified atom stereocenters. The number of aromatic nitrogens is 1. The lowest BCUT2D eigenvalue weighted by atomic mass is 10.3. The smallest absolute Gasteiger partial charge is 0.253 e. The first-order chi connectivity index (χ1) is 6.65. The van der Waals surface area contributed by atoms with Gasteiger partial charge in [-0.2, -0.15) is 0 Å². The van der Waals surface area contributed by atoms with Crippen LogP contribution >= 0.6 is 23.2 Å². The zero-order valence-corrected chi connectivity index (χ0v) is 8.56. The van der Waals surface area contributed by atoms with E-state index in [9.17, 15) is 4.79 Å². The third-order valence-corrected chi connectivity index (χ3v) is 2.10. The summed E-state index contributed by atoms with van der Waals surface area (Å²) >= 11 is 11.3. The third kappa shape index (κ3) is 2.63. The quantitative estimate of drug-likeness (QED) is 0.620. The van der Waals surface area contributed by atoms with Crippen LogP contribution < -0.4 is 5.32 Å². The molecule has 0 atom stereocenters. The zero-order valence-electron chi connectivity index (χ0n) is 7.05. The fourth-order valence-electron chi connectivity index (χ4n) is 0.779. The maximum absolute atomic E-state index is 11.3. The van der Waals surface area contributed by atoms with E-state index in [2.05, 4.69) is 16.2 Å². The van der Waals surface area contributed by atoms with Crippen molar-refractivity contribution >= 4 is 29.1 Å². The van der Waals surface area contributed by atoms with Crippen molar-refractivity contribution in [1.82, 2.24) is 10.3 Å². The Bertz CT molecular complexity index is 398. The summed E-state index contributed by atoms with van der Waals surface area (Å²) in [6.45, 7) is 0.166. The van der Waals surface area contributed by atoms with Gasteiger partial charge in [0.1, 0.15) is 5.15 Å². The average Bonchev–Trinajstić information content (AvgIpc) is 2.18. The first-order valence-corrected chi connectivity index (χ1v) is 4.43. The molecule has 0 fully saturated rings. The summed E-state index contributed by atoms with van der Waals surface area (Å²) in [6, 6.07) is 1.43. The molecule has 3 nitrogen and oxygen atoms in total. The third-order valence-electron chi connectivity index (χ3n) is 1.41. The van der Waals surface area contributed by atoms with Crippen molar-refractivity contribution in [1.29, 1.82) is 0 Å². The van der Waals surface area contributed by atoms with E-state index in [0.717, 1.165) is 0 Å². The second-order valence-electron chi connectivity index (χ2n) is 2.38. The van der Waals surface area contributed by atoms with Gasteiger partial charge in [0.15, 0.2) is 0 Å². The lowest BCUT2D eigenvalue weighted by molar-refractivity contribution is 0.0958. The molecule has 0 bridgehead atoms. The summed E-state index contributed by atoms with van der Waals surface area (Å²) in [4.78, 5) is 15.0. The van der Waals surface area contributed by atoms with E-state index in [0.29, 0.717) is 5.56 Å². The molecule has 14 heavy (non-hydrogen) atoms. The maximum Gasteiger partial charge on any atom is 0.253 e. The zero-order chi connectivity index (χ0) is 10.6. The Kier molecular flexibility index (Phi) is 3.75. The van der Waals surface area contributed by atoms with Crippen LogP contribution in [0.5, 0.6) is 0 Å². The van der Waals surface area contributed by atoms with Crippen LogP contribution in [0.25, 0.3) is 0 Å². The number of nitrogens with zero attached hydrogens (tertiary/aromatic N) is 1. The van der Waals surface area contributed by atoms with Gasteiger partial charge in [0.25, 0.3) is 5.91 Å². The fraction of sp³-hybridized carbons (Fsp3) is 0.111. The SMILES string of the molecule is C#CCNC(=O)c1cnc(Cl)c(Cl)c1. The molecule has 1 aromatic heterocycles. The highest BCUT2D eigenvalue weighted by Gasteiger charge is 2.07. The van der Waals surface area contributed by atoms with Gasteiger partial charge >= 0.3 is 0 Å². The molecule has 0 aromatic carbocycles.